The third-order valence-corrected chi connectivity index (χ3v) is 3.31. The van der Waals surface area contributed by atoms with E-state index in [1.807, 2.05) is 24.3 Å². The van der Waals surface area contributed by atoms with Crippen LogP contribution in [-0.2, 0) is 18.9 Å². The van der Waals surface area contributed by atoms with Crippen LogP contribution in [-0.4, -0.2) is 64.1 Å². The van der Waals surface area contributed by atoms with Crippen LogP contribution >= 0.6 is 0 Å². The standard InChI is InChI=1S/C17H26O6/c1-14(18)15-2-4-16(5-3-15)22-11-10-20-7-6-19-8-9-21-12-17-13-23-17/h2-5,14,17-18H,6-13H2,1H3. The Morgan fingerprint density at radius 3 is 2.13 bits per heavy atom. The third-order valence-electron chi connectivity index (χ3n) is 3.31. The van der Waals surface area contributed by atoms with Crippen LogP contribution in [0.5, 0.6) is 5.75 Å². The highest BCUT2D eigenvalue weighted by molar-refractivity contribution is 5.28. The van der Waals surface area contributed by atoms with Gasteiger partial charge in [0, 0.05) is 0 Å². The Hall–Kier alpha value is -1.18. The lowest BCUT2D eigenvalue weighted by Gasteiger charge is -2.09. The van der Waals surface area contributed by atoms with Crippen molar-refractivity contribution in [3.8, 4) is 5.75 Å². The number of aliphatic hydroxyl groups excluding tert-OH is 1. The molecule has 2 atom stereocenters. The van der Waals surface area contributed by atoms with E-state index in [0.717, 1.165) is 17.9 Å². The molecule has 0 saturated carbocycles. The molecular formula is C17H26O6. The second kappa shape index (κ2) is 10.6. The summed E-state index contributed by atoms with van der Waals surface area (Å²) in [6.45, 7) is 6.46. The maximum Gasteiger partial charge on any atom is 0.119 e. The molecule has 0 aromatic heterocycles. The Kier molecular flexibility index (Phi) is 8.35. The number of rotatable bonds is 13. The van der Waals surface area contributed by atoms with Gasteiger partial charge in [-0.3, -0.25) is 0 Å². The molecule has 0 bridgehead atoms. The smallest absolute Gasteiger partial charge is 0.119 e. The zero-order valence-corrected chi connectivity index (χ0v) is 13.6. The Bertz CT molecular complexity index is 416. The zero-order chi connectivity index (χ0) is 16.3. The predicted octanol–water partition coefficient (Wildman–Crippen LogP) is 1.57. The highest BCUT2D eigenvalue weighted by atomic mass is 16.6. The Balaban J connectivity index is 1.37. The molecular weight excluding hydrogens is 300 g/mol. The van der Waals surface area contributed by atoms with E-state index in [1.54, 1.807) is 6.92 Å². The fraction of sp³-hybridized carbons (Fsp3) is 0.647. The van der Waals surface area contributed by atoms with Crippen LogP contribution in [0.3, 0.4) is 0 Å². The van der Waals surface area contributed by atoms with E-state index in [2.05, 4.69) is 0 Å². The molecule has 1 aromatic rings. The summed E-state index contributed by atoms with van der Waals surface area (Å²) in [6.07, 6.45) is -0.151. The molecule has 1 aromatic carbocycles. The first-order valence-electron chi connectivity index (χ1n) is 8.01. The minimum atomic E-state index is -0.458. The van der Waals surface area contributed by atoms with Crippen molar-refractivity contribution < 1.29 is 28.8 Å². The summed E-state index contributed by atoms with van der Waals surface area (Å²) in [5.41, 5.74) is 0.874. The van der Waals surface area contributed by atoms with Crippen LogP contribution in [0.2, 0.25) is 0 Å². The second-order valence-electron chi connectivity index (χ2n) is 5.35. The lowest BCUT2D eigenvalue weighted by atomic mass is 10.1. The first-order chi connectivity index (χ1) is 11.3. The van der Waals surface area contributed by atoms with Crippen LogP contribution < -0.4 is 4.74 Å². The summed E-state index contributed by atoms with van der Waals surface area (Å²) in [4.78, 5) is 0. The van der Waals surface area contributed by atoms with Crippen LogP contribution in [0.25, 0.3) is 0 Å². The van der Waals surface area contributed by atoms with Gasteiger partial charge in [0.1, 0.15) is 18.5 Å². The van der Waals surface area contributed by atoms with E-state index in [-0.39, 0.29) is 0 Å². The molecule has 0 aliphatic carbocycles. The topological polar surface area (TPSA) is 69.7 Å². The normalized spacial score (nSPS) is 17.9. The van der Waals surface area contributed by atoms with Gasteiger partial charge in [0.05, 0.1) is 52.4 Å². The minimum absolute atomic E-state index is 0.307. The summed E-state index contributed by atoms with van der Waals surface area (Å²) in [5.74, 6) is 0.769. The average Bonchev–Trinajstić information content (AvgIpc) is 3.37. The first-order valence-corrected chi connectivity index (χ1v) is 8.01. The Labute approximate surface area is 137 Å². The van der Waals surface area contributed by atoms with Crippen molar-refractivity contribution in [1.82, 2.24) is 0 Å². The third kappa shape index (κ3) is 8.29. The van der Waals surface area contributed by atoms with Crippen LogP contribution in [0.4, 0.5) is 0 Å². The van der Waals surface area contributed by atoms with Crippen molar-refractivity contribution in [2.24, 2.45) is 0 Å². The predicted molar refractivity (Wildman–Crippen MR) is 84.8 cm³/mol. The molecule has 1 aliphatic heterocycles. The lowest BCUT2D eigenvalue weighted by molar-refractivity contribution is 0.00708. The van der Waals surface area contributed by atoms with Crippen LogP contribution in [0, 0.1) is 0 Å². The number of hydrogen-bond acceptors (Lipinski definition) is 6. The van der Waals surface area contributed by atoms with Gasteiger partial charge >= 0.3 is 0 Å². The molecule has 0 spiro atoms. The molecule has 130 valence electrons. The summed E-state index contributed by atoms with van der Waals surface area (Å²) < 4.78 is 26.7. The SMILES string of the molecule is CC(O)c1ccc(OCCOCCOCCOCC2CO2)cc1. The molecule has 1 saturated heterocycles. The van der Waals surface area contributed by atoms with Crippen molar-refractivity contribution in [1.29, 1.82) is 0 Å². The molecule has 1 N–H and O–H groups in total. The zero-order valence-electron chi connectivity index (χ0n) is 13.6. The molecule has 1 fully saturated rings. The Morgan fingerprint density at radius 1 is 1.00 bits per heavy atom. The first kappa shape index (κ1) is 18.2. The fourth-order valence-electron chi connectivity index (χ4n) is 1.88. The monoisotopic (exact) mass is 326 g/mol. The molecule has 23 heavy (non-hydrogen) atoms. The van der Waals surface area contributed by atoms with E-state index in [0.29, 0.717) is 52.4 Å². The largest absolute Gasteiger partial charge is 0.491 e. The summed E-state index contributed by atoms with van der Waals surface area (Å²) in [7, 11) is 0. The summed E-state index contributed by atoms with van der Waals surface area (Å²) >= 11 is 0. The van der Waals surface area contributed by atoms with Gasteiger partial charge in [-0.25, -0.2) is 0 Å². The molecule has 2 rings (SSSR count). The van der Waals surface area contributed by atoms with Gasteiger partial charge < -0.3 is 28.8 Å². The number of hydrogen-bond donors (Lipinski definition) is 1. The average molecular weight is 326 g/mol. The van der Waals surface area contributed by atoms with Gasteiger partial charge in [-0.05, 0) is 24.6 Å². The summed E-state index contributed by atoms with van der Waals surface area (Å²) in [5, 5.41) is 9.42. The molecule has 0 amide bonds. The molecule has 2 unspecified atom stereocenters. The second-order valence-corrected chi connectivity index (χ2v) is 5.35. The summed E-state index contributed by atoms with van der Waals surface area (Å²) in [6, 6.07) is 7.40. The van der Waals surface area contributed by atoms with Crippen molar-refractivity contribution in [2.75, 3.05) is 52.9 Å². The maximum absolute atomic E-state index is 9.42. The minimum Gasteiger partial charge on any atom is -0.491 e. The molecule has 1 heterocycles. The van der Waals surface area contributed by atoms with Gasteiger partial charge in [-0.15, -0.1) is 0 Å². The molecule has 6 nitrogen and oxygen atoms in total. The maximum atomic E-state index is 9.42. The van der Waals surface area contributed by atoms with Gasteiger partial charge in [0.25, 0.3) is 0 Å². The van der Waals surface area contributed by atoms with E-state index in [9.17, 15) is 5.11 Å². The van der Waals surface area contributed by atoms with Gasteiger partial charge in [0.2, 0.25) is 0 Å². The van der Waals surface area contributed by atoms with E-state index >= 15 is 0 Å². The highest BCUT2D eigenvalue weighted by Crippen LogP contribution is 2.17. The van der Waals surface area contributed by atoms with Crippen LogP contribution in [0.15, 0.2) is 24.3 Å². The van der Waals surface area contributed by atoms with E-state index in [4.69, 9.17) is 23.7 Å². The van der Waals surface area contributed by atoms with Crippen molar-refractivity contribution >= 4 is 0 Å². The van der Waals surface area contributed by atoms with E-state index < -0.39 is 6.10 Å². The number of ether oxygens (including phenoxy) is 5. The van der Waals surface area contributed by atoms with Crippen molar-refractivity contribution in [2.45, 2.75) is 19.1 Å². The quantitative estimate of drug-likeness (QED) is 0.438. The number of epoxide rings is 1. The lowest BCUT2D eigenvalue weighted by Crippen LogP contribution is -2.13. The van der Waals surface area contributed by atoms with Gasteiger partial charge in [-0.1, -0.05) is 12.1 Å². The molecule has 1 aliphatic rings. The Morgan fingerprint density at radius 2 is 1.57 bits per heavy atom. The van der Waals surface area contributed by atoms with Crippen molar-refractivity contribution in [3.63, 3.8) is 0 Å². The highest BCUT2D eigenvalue weighted by Gasteiger charge is 2.21. The van der Waals surface area contributed by atoms with Crippen molar-refractivity contribution in [3.05, 3.63) is 29.8 Å². The van der Waals surface area contributed by atoms with Crippen LogP contribution in [0.1, 0.15) is 18.6 Å². The fourth-order valence-corrected chi connectivity index (χ4v) is 1.88. The number of aliphatic hydroxyl groups is 1. The number of benzene rings is 1. The van der Waals surface area contributed by atoms with E-state index in [1.165, 1.54) is 0 Å². The van der Waals surface area contributed by atoms with Gasteiger partial charge in [-0.2, -0.15) is 0 Å². The van der Waals surface area contributed by atoms with Gasteiger partial charge in [0.15, 0.2) is 0 Å². The molecule has 6 heteroatoms. The molecule has 0 radical (unpaired) electrons.